The highest BCUT2D eigenvalue weighted by Gasteiger charge is 2.19. The third-order valence-electron chi connectivity index (χ3n) is 4.08. The van der Waals surface area contributed by atoms with Crippen LogP contribution in [0.25, 0.3) is 11.0 Å². The molecule has 0 aliphatic heterocycles. The van der Waals surface area contributed by atoms with E-state index in [1.54, 1.807) is 10.9 Å². The quantitative estimate of drug-likeness (QED) is 0.927. The number of hydrogen-bond acceptors (Lipinski definition) is 5. The Morgan fingerprint density at radius 3 is 2.80 bits per heavy atom. The first-order valence-corrected chi connectivity index (χ1v) is 7.19. The van der Waals surface area contributed by atoms with Gasteiger partial charge in [0.15, 0.2) is 11.5 Å². The number of rotatable bonds is 3. The van der Waals surface area contributed by atoms with E-state index in [4.69, 9.17) is 10.5 Å². The molecule has 1 fully saturated rings. The Morgan fingerprint density at radius 2 is 2.05 bits per heavy atom. The summed E-state index contributed by atoms with van der Waals surface area (Å²) in [7, 11) is 1.85. The molecule has 0 bridgehead atoms. The molecule has 1 aliphatic rings. The van der Waals surface area contributed by atoms with Gasteiger partial charge in [-0.25, -0.2) is 9.97 Å². The molecule has 2 aromatic rings. The summed E-state index contributed by atoms with van der Waals surface area (Å²) in [5, 5.41) is 4.94. The van der Waals surface area contributed by atoms with E-state index in [1.807, 2.05) is 7.05 Å². The number of aryl methyl sites for hydroxylation is 1. The van der Waals surface area contributed by atoms with E-state index in [0.717, 1.165) is 29.8 Å². The fourth-order valence-electron chi connectivity index (χ4n) is 2.74. The third kappa shape index (κ3) is 2.60. The Hall–Kier alpha value is -1.69. The van der Waals surface area contributed by atoms with Crippen LogP contribution < -0.4 is 5.73 Å². The van der Waals surface area contributed by atoms with Gasteiger partial charge in [-0.15, -0.1) is 0 Å². The zero-order chi connectivity index (χ0) is 14.1. The molecule has 0 unspecified atom stereocenters. The molecule has 1 saturated carbocycles. The van der Waals surface area contributed by atoms with Gasteiger partial charge in [-0.05, 0) is 31.6 Å². The maximum atomic E-state index is 5.94. The van der Waals surface area contributed by atoms with Crippen LogP contribution in [0.5, 0.6) is 0 Å². The molecule has 20 heavy (non-hydrogen) atoms. The monoisotopic (exact) mass is 275 g/mol. The maximum Gasteiger partial charge on any atom is 0.163 e. The summed E-state index contributed by atoms with van der Waals surface area (Å²) in [5.74, 6) is 1.93. The van der Waals surface area contributed by atoms with Crippen molar-refractivity contribution >= 4 is 16.9 Å². The van der Waals surface area contributed by atoms with Crippen molar-refractivity contribution in [3.05, 3.63) is 12.0 Å². The van der Waals surface area contributed by atoms with E-state index in [-0.39, 0.29) is 0 Å². The fraction of sp³-hybridized carbons (Fsp3) is 0.643. The molecular weight excluding hydrogens is 254 g/mol. The van der Waals surface area contributed by atoms with Crippen molar-refractivity contribution in [3.63, 3.8) is 0 Å². The van der Waals surface area contributed by atoms with E-state index >= 15 is 0 Å². The lowest BCUT2D eigenvalue weighted by atomic mass is 9.89. The summed E-state index contributed by atoms with van der Waals surface area (Å²) in [5.41, 5.74) is 6.70. The molecule has 0 atom stereocenters. The maximum absolute atomic E-state index is 5.94. The van der Waals surface area contributed by atoms with Crippen LogP contribution in [0, 0.1) is 5.92 Å². The molecule has 2 heterocycles. The van der Waals surface area contributed by atoms with Crippen LogP contribution in [0.4, 0.5) is 5.82 Å². The minimum Gasteiger partial charge on any atom is -0.383 e. The van der Waals surface area contributed by atoms with Crippen LogP contribution in [0.15, 0.2) is 6.20 Å². The predicted molar refractivity (Wildman–Crippen MR) is 76.9 cm³/mol. The summed E-state index contributed by atoms with van der Waals surface area (Å²) in [4.78, 5) is 8.78. The van der Waals surface area contributed by atoms with Crippen LogP contribution in [-0.4, -0.2) is 25.9 Å². The Morgan fingerprint density at radius 1 is 1.30 bits per heavy atom. The number of nitrogen functional groups attached to an aromatic ring is 1. The SMILES string of the molecule is CC1CCC(OCc2nc(N)c3cnn(C)c3n2)CC1. The van der Waals surface area contributed by atoms with Gasteiger partial charge >= 0.3 is 0 Å². The van der Waals surface area contributed by atoms with Crippen molar-refractivity contribution in [1.82, 2.24) is 19.7 Å². The van der Waals surface area contributed by atoms with Gasteiger partial charge in [0, 0.05) is 7.05 Å². The predicted octanol–water partition coefficient (Wildman–Crippen LogP) is 2.04. The van der Waals surface area contributed by atoms with Gasteiger partial charge in [0.05, 0.1) is 17.7 Å². The van der Waals surface area contributed by atoms with Crippen molar-refractivity contribution < 1.29 is 4.74 Å². The van der Waals surface area contributed by atoms with Crippen molar-refractivity contribution in [2.45, 2.75) is 45.3 Å². The highest BCUT2D eigenvalue weighted by atomic mass is 16.5. The van der Waals surface area contributed by atoms with Gasteiger partial charge in [0.1, 0.15) is 12.4 Å². The molecule has 0 amide bonds. The summed E-state index contributed by atoms with van der Waals surface area (Å²) < 4.78 is 7.63. The summed E-state index contributed by atoms with van der Waals surface area (Å²) in [6.45, 7) is 2.72. The molecule has 6 heteroatoms. The first-order valence-electron chi connectivity index (χ1n) is 7.19. The number of aromatic nitrogens is 4. The Kier molecular flexibility index (Phi) is 3.56. The molecule has 2 aromatic heterocycles. The highest BCUT2D eigenvalue weighted by Crippen LogP contribution is 2.26. The first kappa shape index (κ1) is 13.3. The topological polar surface area (TPSA) is 78.9 Å². The van der Waals surface area contributed by atoms with Crippen LogP contribution in [-0.2, 0) is 18.4 Å². The summed E-state index contributed by atoms with van der Waals surface area (Å²) in [6, 6.07) is 0. The van der Waals surface area contributed by atoms with Gasteiger partial charge in [-0.2, -0.15) is 5.10 Å². The summed E-state index contributed by atoms with van der Waals surface area (Å²) in [6.07, 6.45) is 6.77. The standard InChI is InChI=1S/C14H21N5O/c1-9-3-5-10(6-4-9)20-8-12-17-13(15)11-7-16-19(2)14(11)18-12/h7,9-10H,3-6,8H2,1-2H3,(H2,15,17,18). The molecule has 1 aliphatic carbocycles. The van der Waals surface area contributed by atoms with Crippen LogP contribution >= 0.6 is 0 Å². The van der Waals surface area contributed by atoms with Crippen LogP contribution in [0.3, 0.4) is 0 Å². The van der Waals surface area contributed by atoms with Crippen LogP contribution in [0.1, 0.15) is 38.4 Å². The van der Waals surface area contributed by atoms with E-state index in [1.165, 1.54) is 12.8 Å². The zero-order valence-corrected chi connectivity index (χ0v) is 12.0. The van der Waals surface area contributed by atoms with Crippen molar-refractivity contribution in [1.29, 1.82) is 0 Å². The largest absolute Gasteiger partial charge is 0.383 e. The first-order chi connectivity index (χ1) is 9.63. The number of hydrogen-bond donors (Lipinski definition) is 1. The molecule has 0 aromatic carbocycles. The van der Waals surface area contributed by atoms with Gasteiger partial charge in [0.25, 0.3) is 0 Å². The van der Waals surface area contributed by atoms with Crippen molar-refractivity contribution in [3.8, 4) is 0 Å². The molecular formula is C14H21N5O. The zero-order valence-electron chi connectivity index (χ0n) is 12.0. The Bertz CT molecular complexity index is 601. The Labute approximate surface area is 118 Å². The highest BCUT2D eigenvalue weighted by molar-refractivity contribution is 5.84. The lowest BCUT2D eigenvalue weighted by Gasteiger charge is -2.25. The van der Waals surface area contributed by atoms with Crippen molar-refractivity contribution in [2.75, 3.05) is 5.73 Å². The molecule has 2 N–H and O–H groups in total. The van der Waals surface area contributed by atoms with E-state index in [0.29, 0.717) is 24.4 Å². The third-order valence-corrected chi connectivity index (χ3v) is 4.08. The minimum absolute atomic E-state index is 0.332. The molecule has 6 nitrogen and oxygen atoms in total. The van der Waals surface area contributed by atoms with Gasteiger partial charge in [-0.1, -0.05) is 6.92 Å². The second kappa shape index (κ2) is 5.36. The molecule has 0 radical (unpaired) electrons. The summed E-state index contributed by atoms with van der Waals surface area (Å²) >= 11 is 0. The molecule has 0 saturated heterocycles. The minimum atomic E-state index is 0.332. The van der Waals surface area contributed by atoms with Crippen LogP contribution in [0.2, 0.25) is 0 Å². The second-order valence-corrected chi connectivity index (χ2v) is 5.72. The average molecular weight is 275 g/mol. The van der Waals surface area contributed by atoms with Crippen molar-refractivity contribution in [2.24, 2.45) is 13.0 Å². The molecule has 3 rings (SSSR count). The normalized spacial score (nSPS) is 23.3. The van der Waals surface area contributed by atoms with Gasteiger partial charge in [-0.3, -0.25) is 4.68 Å². The number of nitrogens with two attached hydrogens (primary N) is 1. The number of nitrogens with zero attached hydrogens (tertiary/aromatic N) is 4. The lowest BCUT2D eigenvalue weighted by Crippen LogP contribution is -2.20. The van der Waals surface area contributed by atoms with E-state index < -0.39 is 0 Å². The van der Waals surface area contributed by atoms with Gasteiger partial charge in [0.2, 0.25) is 0 Å². The second-order valence-electron chi connectivity index (χ2n) is 5.72. The average Bonchev–Trinajstić information content (AvgIpc) is 2.81. The fourth-order valence-corrected chi connectivity index (χ4v) is 2.74. The molecule has 0 spiro atoms. The number of fused-ring (bicyclic) bond motifs is 1. The van der Waals surface area contributed by atoms with E-state index in [9.17, 15) is 0 Å². The number of ether oxygens (including phenoxy) is 1. The molecule has 108 valence electrons. The number of anilines is 1. The van der Waals surface area contributed by atoms with E-state index in [2.05, 4.69) is 22.0 Å². The van der Waals surface area contributed by atoms with Gasteiger partial charge < -0.3 is 10.5 Å². The Balaban J connectivity index is 1.70. The smallest absolute Gasteiger partial charge is 0.163 e. The lowest BCUT2D eigenvalue weighted by molar-refractivity contribution is 0.00580.